The summed E-state index contributed by atoms with van der Waals surface area (Å²) < 4.78 is 0. The summed E-state index contributed by atoms with van der Waals surface area (Å²) in [5.41, 5.74) is 8.08. The van der Waals surface area contributed by atoms with Gasteiger partial charge in [-0.3, -0.25) is 44.3 Å². The van der Waals surface area contributed by atoms with E-state index < -0.39 is 47.4 Å². The van der Waals surface area contributed by atoms with E-state index in [0.29, 0.717) is 0 Å². The number of rotatable bonds is 7. The van der Waals surface area contributed by atoms with Crippen molar-refractivity contribution < 1.29 is 28.8 Å². The zero-order valence-electron chi connectivity index (χ0n) is 18.5. The summed E-state index contributed by atoms with van der Waals surface area (Å²) in [7, 11) is 0. The molecule has 10 heteroatoms. The SMILES string of the molecule is CC(C)C(C([NH])=O)N1C(=O)c2cccc(NC(=O)CCN3C(=O)c4ccccc4C3=O)c2C1=O. The minimum atomic E-state index is -1.25. The van der Waals surface area contributed by atoms with Gasteiger partial charge in [0.2, 0.25) is 5.91 Å². The molecule has 173 valence electrons. The lowest BCUT2D eigenvalue weighted by molar-refractivity contribution is -0.123. The summed E-state index contributed by atoms with van der Waals surface area (Å²) in [6, 6.07) is 9.49. The van der Waals surface area contributed by atoms with Crippen molar-refractivity contribution in [3.8, 4) is 0 Å². The van der Waals surface area contributed by atoms with Gasteiger partial charge in [0.1, 0.15) is 6.04 Å². The van der Waals surface area contributed by atoms with Crippen LogP contribution in [-0.2, 0) is 9.59 Å². The predicted molar refractivity (Wildman–Crippen MR) is 119 cm³/mol. The molecule has 6 amide bonds. The van der Waals surface area contributed by atoms with Crippen molar-refractivity contribution in [1.29, 1.82) is 0 Å². The molecule has 0 aromatic heterocycles. The van der Waals surface area contributed by atoms with Gasteiger partial charge in [-0.05, 0) is 30.2 Å². The minimum Gasteiger partial charge on any atom is -0.325 e. The molecule has 2 N–H and O–H groups in total. The number of imide groups is 2. The van der Waals surface area contributed by atoms with Crippen LogP contribution < -0.4 is 11.1 Å². The first kappa shape index (κ1) is 22.8. The standard InChI is InChI=1S/C24H21N4O6/c1-12(2)19(20(25)30)28-23(33)15-8-5-9-16(18(15)24(28)34)26-17(29)10-11-27-21(31)13-6-3-4-7-14(13)22(27)32/h3-9,12,19,25H,10-11H2,1-2H3,(H,26,29). The Morgan fingerprint density at radius 2 is 1.44 bits per heavy atom. The highest BCUT2D eigenvalue weighted by atomic mass is 16.2. The fourth-order valence-electron chi connectivity index (χ4n) is 4.25. The number of anilines is 1. The van der Waals surface area contributed by atoms with Gasteiger partial charge in [0.25, 0.3) is 29.5 Å². The van der Waals surface area contributed by atoms with Gasteiger partial charge >= 0.3 is 0 Å². The number of benzene rings is 2. The Morgan fingerprint density at radius 1 is 0.853 bits per heavy atom. The first-order chi connectivity index (χ1) is 16.1. The van der Waals surface area contributed by atoms with Crippen LogP contribution in [0.1, 0.15) is 61.7 Å². The van der Waals surface area contributed by atoms with Crippen molar-refractivity contribution in [3.05, 3.63) is 64.7 Å². The number of hydrogen-bond acceptors (Lipinski definition) is 6. The minimum absolute atomic E-state index is 0.0232. The molecule has 34 heavy (non-hydrogen) atoms. The number of nitrogens with one attached hydrogen (secondary N) is 2. The summed E-state index contributed by atoms with van der Waals surface area (Å²) >= 11 is 0. The number of amides is 6. The molecule has 0 fully saturated rings. The third kappa shape index (κ3) is 3.62. The molecular formula is C24H21N4O6. The zero-order valence-corrected chi connectivity index (χ0v) is 18.5. The fourth-order valence-corrected chi connectivity index (χ4v) is 4.25. The molecule has 0 spiro atoms. The molecular weight excluding hydrogens is 440 g/mol. The van der Waals surface area contributed by atoms with Crippen molar-refractivity contribution in [2.45, 2.75) is 26.3 Å². The quantitative estimate of drug-likeness (QED) is 0.622. The van der Waals surface area contributed by atoms with Gasteiger partial charge in [-0.2, -0.15) is 0 Å². The molecule has 2 aliphatic heterocycles. The fraction of sp³-hybridized carbons (Fsp3) is 0.250. The third-order valence-corrected chi connectivity index (χ3v) is 5.84. The van der Waals surface area contributed by atoms with Crippen molar-refractivity contribution >= 4 is 41.1 Å². The second-order valence-corrected chi connectivity index (χ2v) is 8.37. The van der Waals surface area contributed by atoms with E-state index in [0.717, 1.165) is 9.80 Å². The van der Waals surface area contributed by atoms with Gasteiger partial charge < -0.3 is 5.32 Å². The average Bonchev–Trinajstić information content (AvgIpc) is 3.18. The molecule has 2 heterocycles. The third-order valence-electron chi connectivity index (χ3n) is 5.84. The van der Waals surface area contributed by atoms with Gasteiger partial charge in [0.05, 0.1) is 27.9 Å². The molecule has 1 radical (unpaired) electrons. The van der Waals surface area contributed by atoms with E-state index in [1.807, 2.05) is 0 Å². The Morgan fingerprint density at radius 3 is 2.00 bits per heavy atom. The van der Waals surface area contributed by atoms with Crippen LogP contribution in [0.5, 0.6) is 0 Å². The lowest BCUT2D eigenvalue weighted by Crippen LogP contribution is -2.48. The van der Waals surface area contributed by atoms with E-state index in [1.54, 1.807) is 38.1 Å². The highest BCUT2D eigenvalue weighted by Crippen LogP contribution is 2.32. The van der Waals surface area contributed by atoms with E-state index in [-0.39, 0.29) is 40.9 Å². The summed E-state index contributed by atoms with van der Waals surface area (Å²) in [4.78, 5) is 77.0. The Bertz CT molecular complexity index is 1230. The van der Waals surface area contributed by atoms with Crippen LogP contribution >= 0.6 is 0 Å². The first-order valence-corrected chi connectivity index (χ1v) is 10.6. The summed E-state index contributed by atoms with van der Waals surface area (Å²) in [5.74, 6) is -4.53. The smallest absolute Gasteiger partial charge is 0.264 e. The molecule has 1 atom stereocenters. The van der Waals surface area contributed by atoms with Crippen LogP contribution in [0.4, 0.5) is 5.69 Å². The molecule has 2 aromatic carbocycles. The second kappa shape index (κ2) is 8.54. The Hall–Kier alpha value is -4.34. The van der Waals surface area contributed by atoms with Crippen molar-refractivity contribution in [2.24, 2.45) is 5.92 Å². The van der Waals surface area contributed by atoms with E-state index in [1.165, 1.54) is 18.2 Å². The summed E-state index contributed by atoms with van der Waals surface area (Å²) in [6.45, 7) is 3.10. The Kier molecular flexibility index (Phi) is 5.74. The van der Waals surface area contributed by atoms with E-state index in [2.05, 4.69) is 5.32 Å². The van der Waals surface area contributed by atoms with Gasteiger partial charge in [0, 0.05) is 13.0 Å². The van der Waals surface area contributed by atoms with Gasteiger partial charge in [0.15, 0.2) is 0 Å². The molecule has 10 nitrogen and oxygen atoms in total. The number of hydrogen-bond donors (Lipinski definition) is 1. The topological polar surface area (TPSA) is 145 Å². The van der Waals surface area contributed by atoms with Crippen molar-refractivity contribution in [2.75, 3.05) is 11.9 Å². The molecule has 0 saturated heterocycles. The predicted octanol–water partition coefficient (Wildman–Crippen LogP) is 1.74. The molecule has 4 rings (SSSR count). The maximum atomic E-state index is 13.1. The van der Waals surface area contributed by atoms with E-state index in [9.17, 15) is 28.8 Å². The van der Waals surface area contributed by atoms with Crippen LogP contribution in [0.15, 0.2) is 42.5 Å². The van der Waals surface area contributed by atoms with Crippen molar-refractivity contribution in [3.63, 3.8) is 0 Å². The van der Waals surface area contributed by atoms with Crippen LogP contribution in [0, 0.1) is 5.92 Å². The van der Waals surface area contributed by atoms with Crippen LogP contribution in [0.2, 0.25) is 0 Å². The monoisotopic (exact) mass is 461 g/mol. The molecule has 2 aliphatic rings. The largest absolute Gasteiger partial charge is 0.325 e. The highest BCUT2D eigenvalue weighted by Gasteiger charge is 2.45. The zero-order chi connectivity index (χ0) is 24.7. The van der Waals surface area contributed by atoms with E-state index in [4.69, 9.17) is 5.73 Å². The van der Waals surface area contributed by atoms with Gasteiger partial charge in [-0.25, -0.2) is 0 Å². The number of carbonyl (C=O) groups is 6. The van der Waals surface area contributed by atoms with Crippen molar-refractivity contribution in [1.82, 2.24) is 15.5 Å². The lowest BCUT2D eigenvalue weighted by atomic mass is 10.0. The van der Waals surface area contributed by atoms with Crippen LogP contribution in [-0.4, -0.2) is 57.8 Å². The molecule has 0 saturated carbocycles. The number of fused-ring (bicyclic) bond motifs is 2. The summed E-state index contributed by atoms with van der Waals surface area (Å²) in [6.07, 6.45) is -0.221. The molecule has 1 unspecified atom stereocenters. The molecule has 0 bridgehead atoms. The number of carbonyl (C=O) groups excluding carboxylic acids is 6. The van der Waals surface area contributed by atoms with Crippen LogP contribution in [0.3, 0.4) is 0 Å². The average molecular weight is 461 g/mol. The van der Waals surface area contributed by atoms with E-state index >= 15 is 0 Å². The maximum Gasteiger partial charge on any atom is 0.264 e. The normalized spacial score (nSPS) is 15.6. The maximum absolute atomic E-state index is 13.1. The van der Waals surface area contributed by atoms with Gasteiger partial charge in [-0.15, -0.1) is 0 Å². The molecule has 2 aromatic rings. The number of nitrogens with zero attached hydrogens (tertiary/aromatic N) is 2. The Labute approximate surface area is 194 Å². The first-order valence-electron chi connectivity index (χ1n) is 10.6. The van der Waals surface area contributed by atoms with Crippen LogP contribution in [0.25, 0.3) is 0 Å². The molecule has 0 aliphatic carbocycles. The lowest BCUT2D eigenvalue weighted by Gasteiger charge is -2.26. The summed E-state index contributed by atoms with van der Waals surface area (Å²) in [5, 5.41) is 2.57. The second-order valence-electron chi connectivity index (χ2n) is 8.37. The van der Waals surface area contributed by atoms with Gasteiger partial charge in [-0.1, -0.05) is 32.0 Å². The Balaban J connectivity index is 1.50. The highest BCUT2D eigenvalue weighted by molar-refractivity contribution is 6.26.